The van der Waals surface area contributed by atoms with E-state index in [-0.39, 0.29) is 6.10 Å². The van der Waals surface area contributed by atoms with Crippen LogP contribution in [0.5, 0.6) is 5.75 Å². The Kier molecular flexibility index (Phi) is 5.27. The van der Waals surface area contributed by atoms with Gasteiger partial charge < -0.3 is 4.74 Å². The van der Waals surface area contributed by atoms with E-state index in [9.17, 15) is 12.8 Å². The molecule has 1 aliphatic rings. The standard InChI is InChI=1S/C14H19BrFNO3S/c1-2-9-3-5-10(6-4-9)20-13-8-12(16)14(7-11(13)15)21(17,18)19/h7-10H,2-6H2,1H3,(H2,17,18,19). The van der Waals surface area contributed by atoms with Crippen molar-refractivity contribution in [1.29, 1.82) is 0 Å². The van der Waals surface area contributed by atoms with Crippen molar-refractivity contribution < 1.29 is 17.5 Å². The van der Waals surface area contributed by atoms with Crippen molar-refractivity contribution in [3.63, 3.8) is 0 Å². The van der Waals surface area contributed by atoms with Crippen molar-refractivity contribution in [2.45, 2.75) is 50.0 Å². The number of halogens is 2. The van der Waals surface area contributed by atoms with Gasteiger partial charge in [0.1, 0.15) is 16.5 Å². The number of hydrogen-bond donors (Lipinski definition) is 1. The topological polar surface area (TPSA) is 69.4 Å². The molecule has 0 unspecified atom stereocenters. The van der Waals surface area contributed by atoms with E-state index in [4.69, 9.17) is 9.88 Å². The molecule has 0 bridgehead atoms. The van der Waals surface area contributed by atoms with E-state index in [0.29, 0.717) is 10.2 Å². The van der Waals surface area contributed by atoms with Crippen LogP contribution < -0.4 is 9.88 Å². The second-order valence-corrected chi connectivity index (χ2v) is 7.81. The molecule has 0 spiro atoms. The lowest BCUT2D eigenvalue weighted by molar-refractivity contribution is 0.128. The molecule has 0 aliphatic heterocycles. The zero-order valence-corrected chi connectivity index (χ0v) is 14.2. The molecule has 1 aromatic carbocycles. The molecule has 1 aromatic rings. The van der Waals surface area contributed by atoms with Gasteiger partial charge in [0, 0.05) is 6.07 Å². The number of nitrogens with two attached hydrogens (primary N) is 1. The van der Waals surface area contributed by atoms with E-state index in [0.717, 1.165) is 43.7 Å². The molecule has 0 atom stereocenters. The van der Waals surface area contributed by atoms with E-state index >= 15 is 0 Å². The average Bonchev–Trinajstić information content (AvgIpc) is 2.42. The van der Waals surface area contributed by atoms with Gasteiger partial charge in [0.2, 0.25) is 10.0 Å². The average molecular weight is 380 g/mol. The van der Waals surface area contributed by atoms with Crippen LogP contribution in [0, 0.1) is 11.7 Å². The Balaban J connectivity index is 2.13. The fraction of sp³-hybridized carbons (Fsp3) is 0.571. The number of ether oxygens (including phenoxy) is 1. The number of primary sulfonamides is 1. The Labute approximate surface area is 133 Å². The van der Waals surface area contributed by atoms with Crippen LogP contribution in [0.15, 0.2) is 21.5 Å². The van der Waals surface area contributed by atoms with Gasteiger partial charge in [-0.05, 0) is 53.6 Å². The molecular weight excluding hydrogens is 361 g/mol. The molecule has 2 rings (SSSR count). The lowest BCUT2D eigenvalue weighted by atomic mass is 9.86. The van der Waals surface area contributed by atoms with Gasteiger partial charge >= 0.3 is 0 Å². The summed E-state index contributed by atoms with van der Waals surface area (Å²) in [5, 5.41) is 4.96. The highest BCUT2D eigenvalue weighted by atomic mass is 79.9. The summed E-state index contributed by atoms with van der Waals surface area (Å²) in [5.74, 6) is 0.174. The molecule has 7 heteroatoms. The first-order valence-electron chi connectivity index (χ1n) is 6.99. The molecule has 21 heavy (non-hydrogen) atoms. The maximum absolute atomic E-state index is 13.8. The highest BCUT2D eigenvalue weighted by molar-refractivity contribution is 9.10. The molecule has 0 amide bonds. The number of hydrogen-bond acceptors (Lipinski definition) is 3. The second-order valence-electron chi connectivity index (χ2n) is 5.43. The summed E-state index contributed by atoms with van der Waals surface area (Å²) in [6, 6.07) is 2.23. The van der Waals surface area contributed by atoms with Crippen molar-refractivity contribution in [1.82, 2.24) is 0 Å². The number of benzene rings is 1. The van der Waals surface area contributed by atoms with E-state index in [1.165, 1.54) is 6.42 Å². The van der Waals surface area contributed by atoms with Gasteiger partial charge in [0.15, 0.2) is 0 Å². The van der Waals surface area contributed by atoms with Crippen molar-refractivity contribution in [2.24, 2.45) is 11.1 Å². The summed E-state index contributed by atoms with van der Waals surface area (Å²) in [6.45, 7) is 2.18. The van der Waals surface area contributed by atoms with E-state index < -0.39 is 20.7 Å². The van der Waals surface area contributed by atoms with Crippen LogP contribution in [0.2, 0.25) is 0 Å². The third-order valence-corrected chi connectivity index (χ3v) is 5.50. The maximum Gasteiger partial charge on any atom is 0.241 e. The maximum atomic E-state index is 13.8. The van der Waals surface area contributed by atoms with Crippen LogP contribution in [-0.4, -0.2) is 14.5 Å². The van der Waals surface area contributed by atoms with Crippen LogP contribution in [-0.2, 0) is 10.0 Å². The van der Waals surface area contributed by atoms with Gasteiger partial charge in [-0.25, -0.2) is 17.9 Å². The van der Waals surface area contributed by atoms with Gasteiger partial charge in [-0.15, -0.1) is 0 Å². The Hall–Kier alpha value is -0.660. The first-order chi connectivity index (χ1) is 9.81. The van der Waals surface area contributed by atoms with Gasteiger partial charge in [0.25, 0.3) is 0 Å². The SMILES string of the molecule is CCC1CCC(Oc2cc(F)c(S(N)(=O)=O)cc2Br)CC1. The fourth-order valence-electron chi connectivity index (χ4n) is 2.66. The summed E-state index contributed by atoms with van der Waals surface area (Å²) >= 11 is 3.21. The number of rotatable bonds is 4. The summed E-state index contributed by atoms with van der Waals surface area (Å²) in [5.41, 5.74) is 0. The van der Waals surface area contributed by atoms with Crippen LogP contribution in [0.1, 0.15) is 39.0 Å². The quantitative estimate of drug-likeness (QED) is 0.868. The lowest BCUT2D eigenvalue weighted by Gasteiger charge is -2.28. The largest absolute Gasteiger partial charge is 0.489 e. The third kappa shape index (κ3) is 4.17. The van der Waals surface area contributed by atoms with Crippen LogP contribution in [0.4, 0.5) is 4.39 Å². The summed E-state index contributed by atoms with van der Waals surface area (Å²) in [6.07, 6.45) is 5.30. The van der Waals surface area contributed by atoms with E-state index in [1.807, 2.05) is 0 Å². The molecule has 1 fully saturated rings. The predicted octanol–water partition coefficient (Wildman–Crippen LogP) is 3.58. The smallest absolute Gasteiger partial charge is 0.241 e. The molecular formula is C14H19BrFNO3S. The molecule has 0 saturated heterocycles. The molecule has 2 N–H and O–H groups in total. The Morgan fingerprint density at radius 2 is 1.95 bits per heavy atom. The second kappa shape index (κ2) is 6.62. The van der Waals surface area contributed by atoms with Crippen LogP contribution in [0.3, 0.4) is 0 Å². The first kappa shape index (κ1) is 16.7. The molecule has 1 aliphatic carbocycles. The molecule has 1 saturated carbocycles. The minimum atomic E-state index is -4.08. The zero-order chi connectivity index (χ0) is 15.6. The predicted molar refractivity (Wildman–Crippen MR) is 82.1 cm³/mol. The third-order valence-electron chi connectivity index (χ3n) is 3.96. The van der Waals surface area contributed by atoms with Crippen molar-refractivity contribution >= 4 is 26.0 Å². The highest BCUT2D eigenvalue weighted by Gasteiger charge is 2.23. The molecule has 0 aromatic heterocycles. The van der Waals surface area contributed by atoms with Gasteiger partial charge in [-0.3, -0.25) is 0 Å². The highest BCUT2D eigenvalue weighted by Crippen LogP contribution is 2.34. The Morgan fingerprint density at radius 1 is 1.33 bits per heavy atom. The van der Waals surface area contributed by atoms with Crippen molar-refractivity contribution in [3.05, 3.63) is 22.4 Å². The Bertz CT molecular complexity index is 613. The van der Waals surface area contributed by atoms with Crippen molar-refractivity contribution in [3.8, 4) is 5.75 Å². The molecule has 118 valence electrons. The van der Waals surface area contributed by atoms with Crippen LogP contribution in [0.25, 0.3) is 0 Å². The monoisotopic (exact) mass is 379 g/mol. The molecule has 4 nitrogen and oxygen atoms in total. The van der Waals surface area contributed by atoms with Gasteiger partial charge in [0.05, 0.1) is 10.6 Å². The minimum absolute atomic E-state index is 0.0452. The minimum Gasteiger partial charge on any atom is -0.489 e. The lowest BCUT2D eigenvalue weighted by Crippen LogP contribution is -2.24. The van der Waals surface area contributed by atoms with Crippen LogP contribution >= 0.6 is 15.9 Å². The summed E-state index contributed by atoms with van der Waals surface area (Å²) < 4.78 is 42.5. The molecule has 0 radical (unpaired) electrons. The fourth-order valence-corrected chi connectivity index (χ4v) is 3.86. The van der Waals surface area contributed by atoms with Crippen molar-refractivity contribution in [2.75, 3.05) is 0 Å². The van der Waals surface area contributed by atoms with E-state index in [2.05, 4.69) is 22.9 Å². The zero-order valence-electron chi connectivity index (χ0n) is 11.8. The van der Waals surface area contributed by atoms with E-state index in [1.54, 1.807) is 0 Å². The Morgan fingerprint density at radius 3 is 2.48 bits per heavy atom. The van der Waals surface area contributed by atoms with Gasteiger partial charge in [-0.2, -0.15) is 0 Å². The summed E-state index contributed by atoms with van der Waals surface area (Å²) in [4.78, 5) is -0.531. The summed E-state index contributed by atoms with van der Waals surface area (Å²) in [7, 11) is -4.08. The van der Waals surface area contributed by atoms with Gasteiger partial charge in [-0.1, -0.05) is 13.3 Å². The molecule has 0 heterocycles. The first-order valence-corrected chi connectivity index (χ1v) is 9.33. The number of sulfonamides is 1. The normalized spacial score (nSPS) is 23.0.